The van der Waals surface area contributed by atoms with Crippen molar-refractivity contribution in [2.45, 2.75) is 31.8 Å². The molecule has 2 aliphatic rings. The maximum absolute atomic E-state index is 12.3. The van der Waals surface area contributed by atoms with Crippen molar-refractivity contribution in [2.75, 3.05) is 26.7 Å². The van der Waals surface area contributed by atoms with Crippen molar-refractivity contribution in [2.24, 2.45) is 5.92 Å². The van der Waals surface area contributed by atoms with E-state index in [-0.39, 0.29) is 37.4 Å². The SMILES string of the molecule is CN(CC(=O)NC1CC1)C(=O)COC(=O)[C@@H]1CC(=O)N(Cc2ccccc2Cl)C1. The monoisotopic (exact) mass is 421 g/mol. The Hall–Kier alpha value is -2.61. The minimum Gasteiger partial charge on any atom is -0.455 e. The minimum atomic E-state index is -0.624. The molecule has 1 aliphatic heterocycles. The fourth-order valence-electron chi connectivity index (χ4n) is 3.08. The van der Waals surface area contributed by atoms with Crippen LogP contribution in [-0.2, 0) is 30.5 Å². The molecule has 9 heteroatoms. The first-order valence-corrected chi connectivity index (χ1v) is 9.92. The van der Waals surface area contributed by atoms with Crippen molar-refractivity contribution in [3.8, 4) is 0 Å². The number of hydrogen-bond donors (Lipinski definition) is 1. The number of nitrogens with one attached hydrogen (secondary N) is 1. The van der Waals surface area contributed by atoms with Crippen molar-refractivity contribution in [3.63, 3.8) is 0 Å². The van der Waals surface area contributed by atoms with Crippen LogP contribution in [0.25, 0.3) is 0 Å². The first-order valence-electron chi connectivity index (χ1n) is 9.54. The van der Waals surface area contributed by atoms with Crippen LogP contribution in [0.15, 0.2) is 24.3 Å². The third-order valence-electron chi connectivity index (χ3n) is 4.95. The predicted octanol–water partition coefficient (Wildman–Crippen LogP) is 0.969. The summed E-state index contributed by atoms with van der Waals surface area (Å²) in [5.74, 6) is -2.08. The third kappa shape index (κ3) is 5.93. The van der Waals surface area contributed by atoms with Crippen LogP contribution in [0.2, 0.25) is 5.02 Å². The smallest absolute Gasteiger partial charge is 0.311 e. The van der Waals surface area contributed by atoms with Crippen LogP contribution in [0.5, 0.6) is 0 Å². The van der Waals surface area contributed by atoms with Gasteiger partial charge in [0.15, 0.2) is 6.61 Å². The van der Waals surface area contributed by atoms with Crippen LogP contribution in [-0.4, -0.2) is 66.3 Å². The molecule has 1 aromatic rings. The summed E-state index contributed by atoms with van der Waals surface area (Å²) in [5, 5.41) is 3.35. The molecule has 1 heterocycles. The van der Waals surface area contributed by atoms with Crippen LogP contribution in [0, 0.1) is 5.92 Å². The van der Waals surface area contributed by atoms with E-state index in [1.807, 2.05) is 12.1 Å². The number of amides is 3. The molecule has 156 valence electrons. The van der Waals surface area contributed by atoms with Gasteiger partial charge in [-0.1, -0.05) is 29.8 Å². The number of likely N-dealkylation sites (tertiary alicyclic amines) is 1. The van der Waals surface area contributed by atoms with Crippen LogP contribution in [0.4, 0.5) is 0 Å². The fraction of sp³-hybridized carbons (Fsp3) is 0.500. The molecule has 1 N–H and O–H groups in total. The second kappa shape index (κ2) is 9.26. The molecule has 3 rings (SSSR count). The summed E-state index contributed by atoms with van der Waals surface area (Å²) in [7, 11) is 1.48. The van der Waals surface area contributed by atoms with Crippen molar-refractivity contribution in [1.82, 2.24) is 15.1 Å². The number of ether oxygens (including phenoxy) is 1. The van der Waals surface area contributed by atoms with Crippen molar-refractivity contribution in [3.05, 3.63) is 34.9 Å². The van der Waals surface area contributed by atoms with Gasteiger partial charge in [0.2, 0.25) is 11.8 Å². The minimum absolute atomic E-state index is 0.0388. The normalized spacial score (nSPS) is 18.5. The van der Waals surface area contributed by atoms with Gasteiger partial charge in [-0.15, -0.1) is 0 Å². The summed E-state index contributed by atoms with van der Waals surface area (Å²) in [6, 6.07) is 7.44. The highest BCUT2D eigenvalue weighted by Crippen LogP contribution is 2.24. The first-order chi connectivity index (χ1) is 13.8. The van der Waals surface area contributed by atoms with E-state index in [0.29, 0.717) is 11.6 Å². The van der Waals surface area contributed by atoms with E-state index in [9.17, 15) is 19.2 Å². The van der Waals surface area contributed by atoms with E-state index in [0.717, 1.165) is 18.4 Å². The van der Waals surface area contributed by atoms with Crippen molar-refractivity contribution < 1.29 is 23.9 Å². The standard InChI is InChI=1S/C20H24ClN3O5/c1-23(11-17(25)22-15-6-7-15)19(27)12-29-20(28)14-8-18(26)24(10-14)9-13-4-2-3-5-16(13)21/h2-5,14-15H,6-12H2,1H3,(H,22,25)/t14-/m1/s1. The Morgan fingerprint density at radius 1 is 1.28 bits per heavy atom. The third-order valence-corrected chi connectivity index (χ3v) is 5.32. The van der Waals surface area contributed by atoms with Gasteiger partial charge >= 0.3 is 5.97 Å². The van der Waals surface area contributed by atoms with Gasteiger partial charge in [0.25, 0.3) is 5.91 Å². The van der Waals surface area contributed by atoms with E-state index in [2.05, 4.69) is 5.32 Å². The van der Waals surface area contributed by atoms with Gasteiger partial charge in [-0.3, -0.25) is 19.2 Å². The molecule has 8 nitrogen and oxygen atoms in total. The predicted molar refractivity (Wildman–Crippen MR) is 105 cm³/mol. The van der Waals surface area contributed by atoms with Crippen LogP contribution in [0.1, 0.15) is 24.8 Å². The molecular weight excluding hydrogens is 398 g/mol. The Kier molecular flexibility index (Phi) is 6.74. The average molecular weight is 422 g/mol. The molecule has 29 heavy (non-hydrogen) atoms. The van der Waals surface area contributed by atoms with Gasteiger partial charge in [-0.2, -0.15) is 0 Å². The van der Waals surface area contributed by atoms with Crippen LogP contribution >= 0.6 is 11.6 Å². The summed E-state index contributed by atoms with van der Waals surface area (Å²) in [4.78, 5) is 51.1. The molecule has 0 unspecified atom stereocenters. The van der Waals surface area contributed by atoms with Gasteiger partial charge in [0.1, 0.15) is 0 Å². The maximum Gasteiger partial charge on any atom is 0.311 e. The summed E-state index contributed by atoms with van der Waals surface area (Å²) in [5.41, 5.74) is 0.804. The largest absolute Gasteiger partial charge is 0.455 e. The molecule has 1 aliphatic carbocycles. The van der Waals surface area contributed by atoms with Crippen molar-refractivity contribution in [1.29, 1.82) is 0 Å². The first kappa shape index (κ1) is 21.1. The maximum atomic E-state index is 12.3. The zero-order valence-corrected chi connectivity index (χ0v) is 17.0. The van der Waals surface area contributed by atoms with Gasteiger partial charge in [0, 0.05) is 37.6 Å². The Balaban J connectivity index is 1.43. The Labute approximate surface area is 174 Å². The lowest BCUT2D eigenvalue weighted by molar-refractivity contribution is -0.155. The number of halogens is 1. The number of hydrogen-bond acceptors (Lipinski definition) is 5. The summed E-state index contributed by atoms with van der Waals surface area (Å²) >= 11 is 6.13. The van der Waals surface area contributed by atoms with E-state index >= 15 is 0 Å². The molecule has 1 saturated carbocycles. The number of rotatable bonds is 8. The lowest BCUT2D eigenvalue weighted by atomic mass is 10.1. The Morgan fingerprint density at radius 2 is 2.00 bits per heavy atom. The van der Waals surface area contributed by atoms with Gasteiger partial charge in [0.05, 0.1) is 12.5 Å². The summed E-state index contributed by atoms with van der Waals surface area (Å²) < 4.78 is 5.09. The van der Waals surface area contributed by atoms with E-state index in [4.69, 9.17) is 16.3 Å². The van der Waals surface area contributed by atoms with Crippen molar-refractivity contribution >= 4 is 35.3 Å². The highest BCUT2D eigenvalue weighted by atomic mass is 35.5. The number of carbonyl (C=O) groups is 4. The Morgan fingerprint density at radius 3 is 2.69 bits per heavy atom. The number of esters is 1. The molecule has 2 fully saturated rings. The molecule has 0 aromatic heterocycles. The van der Waals surface area contributed by atoms with E-state index in [1.165, 1.54) is 11.9 Å². The average Bonchev–Trinajstić information content (AvgIpc) is 3.42. The molecule has 1 aromatic carbocycles. The molecule has 1 atom stereocenters. The second-order valence-corrected chi connectivity index (χ2v) is 7.87. The van der Waals surface area contributed by atoms with Crippen LogP contribution in [0.3, 0.4) is 0 Å². The second-order valence-electron chi connectivity index (χ2n) is 7.47. The van der Waals surface area contributed by atoms with E-state index in [1.54, 1.807) is 17.0 Å². The molecule has 0 radical (unpaired) electrons. The highest BCUT2D eigenvalue weighted by molar-refractivity contribution is 6.31. The number of benzene rings is 1. The summed E-state index contributed by atoms with van der Waals surface area (Å²) in [6.45, 7) is -0.00156. The van der Waals surface area contributed by atoms with Gasteiger partial charge in [-0.05, 0) is 24.5 Å². The lowest BCUT2D eigenvalue weighted by Gasteiger charge is -2.18. The summed E-state index contributed by atoms with van der Waals surface area (Å²) in [6.07, 6.45) is 1.97. The number of carbonyl (C=O) groups excluding carboxylic acids is 4. The topological polar surface area (TPSA) is 96.0 Å². The number of likely N-dealkylation sites (N-methyl/N-ethyl adjacent to an activating group) is 1. The highest BCUT2D eigenvalue weighted by Gasteiger charge is 2.36. The Bertz CT molecular complexity index is 811. The van der Waals surface area contributed by atoms with Crippen LogP contribution < -0.4 is 5.32 Å². The fourth-order valence-corrected chi connectivity index (χ4v) is 3.28. The zero-order chi connectivity index (χ0) is 21.0. The quantitative estimate of drug-likeness (QED) is 0.631. The molecule has 3 amide bonds. The molecular formula is C20H24ClN3O5. The molecule has 1 saturated heterocycles. The van der Waals surface area contributed by atoms with E-state index < -0.39 is 24.4 Å². The lowest BCUT2D eigenvalue weighted by Crippen LogP contribution is -2.41. The van der Waals surface area contributed by atoms with Gasteiger partial charge in [-0.25, -0.2) is 0 Å². The zero-order valence-electron chi connectivity index (χ0n) is 16.2. The number of nitrogens with zero attached hydrogens (tertiary/aromatic N) is 2. The molecule has 0 bridgehead atoms. The molecule has 0 spiro atoms. The van der Waals surface area contributed by atoms with Gasteiger partial charge < -0.3 is 19.9 Å².